The first-order valence-electron chi connectivity index (χ1n) is 25.1. The van der Waals surface area contributed by atoms with E-state index in [4.69, 9.17) is 5.73 Å². The van der Waals surface area contributed by atoms with Gasteiger partial charge in [-0.2, -0.15) is 0 Å². The van der Waals surface area contributed by atoms with E-state index in [0.717, 1.165) is 28.2 Å². The third-order valence-corrected chi connectivity index (χ3v) is 15.0. The first-order chi connectivity index (χ1) is 36.2. The van der Waals surface area contributed by atoms with E-state index in [1.54, 1.807) is 19.9 Å². The van der Waals surface area contributed by atoms with Gasteiger partial charge in [0.05, 0.1) is 50.4 Å². The second-order valence-electron chi connectivity index (χ2n) is 19.9. The Hall–Kier alpha value is -7.23. The van der Waals surface area contributed by atoms with E-state index < -0.39 is 193 Å². The quantitative estimate of drug-likeness (QED) is 0.0723. The average Bonchev–Trinajstić information content (AvgIpc) is 4.07. The van der Waals surface area contributed by atoms with Crippen molar-refractivity contribution in [2.45, 2.75) is 114 Å². The number of amides is 9. The van der Waals surface area contributed by atoms with Gasteiger partial charge in [-0.15, -0.1) is 0 Å². The zero-order chi connectivity index (χ0) is 57.1. The lowest BCUT2D eigenvalue weighted by molar-refractivity contribution is -0.145. The van der Waals surface area contributed by atoms with E-state index in [0.29, 0.717) is 12.0 Å². The number of sulfone groups is 1. The molecule has 2 saturated heterocycles. The minimum Gasteiger partial charge on any atom is -0.394 e. The molecule has 0 saturated carbocycles. The van der Waals surface area contributed by atoms with Gasteiger partial charge in [0.15, 0.2) is 21.4 Å². The summed E-state index contributed by atoms with van der Waals surface area (Å²) in [6, 6.07) is -0.0525. The summed E-state index contributed by atoms with van der Waals surface area (Å²) in [6.45, 7) is 1.05. The van der Waals surface area contributed by atoms with Crippen molar-refractivity contribution < 1.29 is 81.3 Å². The summed E-state index contributed by atoms with van der Waals surface area (Å²) in [5.41, 5.74) is 6.06. The Bertz CT molecular complexity index is 2790. The van der Waals surface area contributed by atoms with Crippen LogP contribution in [0.2, 0.25) is 0 Å². The maximum absolute atomic E-state index is 14.8. The van der Waals surface area contributed by atoms with Crippen LogP contribution in [0, 0.1) is 23.7 Å². The van der Waals surface area contributed by atoms with Gasteiger partial charge in [0.2, 0.25) is 41.4 Å². The van der Waals surface area contributed by atoms with Crippen LogP contribution in [-0.4, -0.2) is 185 Å². The minimum absolute atomic E-state index is 0.00108. The number of Topliss-reactive ketones (excluding diaryl/α,β-unsaturated/α-hetero) is 3. The SMILES string of the molecule is CC[C@H](C)[C@@H]1NC(=O)CNC(=O)[C@@H](Cc2c(S(C)(=O)=O)[nH]c3ccc(CC(=O)CCCN4C(=O)C=CC4=O)cc23)CC(=O)[C@H](C(C)C(O)CO)NC(=O)[C@@H]2C[C@@H](O)CN2C(=O)[C@H](CC(N)=O)CC(=O)CNC(=O)CNC1=O. The number of H-pyrrole nitrogens is 1. The summed E-state index contributed by atoms with van der Waals surface area (Å²) in [6.07, 6.45) is -2.84. The zero-order valence-corrected chi connectivity index (χ0v) is 43.9. The Morgan fingerprint density at radius 3 is 2.14 bits per heavy atom. The number of imide groups is 1. The summed E-state index contributed by atoms with van der Waals surface area (Å²) in [7, 11) is -4.18. The van der Waals surface area contributed by atoms with Crippen molar-refractivity contribution in [1.29, 1.82) is 0 Å². The Morgan fingerprint density at radius 2 is 1.51 bits per heavy atom. The van der Waals surface area contributed by atoms with Crippen LogP contribution in [0.25, 0.3) is 10.9 Å². The molecule has 27 heteroatoms. The fourth-order valence-corrected chi connectivity index (χ4v) is 10.4. The van der Waals surface area contributed by atoms with E-state index in [2.05, 4.69) is 31.6 Å². The van der Waals surface area contributed by atoms with Gasteiger partial charge in [-0.05, 0) is 42.0 Å². The molecule has 2 unspecified atom stereocenters. The number of aromatic nitrogens is 1. The van der Waals surface area contributed by atoms with Crippen LogP contribution >= 0.6 is 0 Å². The minimum atomic E-state index is -4.18. The number of primary amides is 1. The third-order valence-electron chi connectivity index (χ3n) is 14.0. The number of aliphatic hydroxyl groups excluding tert-OH is 3. The number of hydrogen-bond acceptors (Lipinski definition) is 17. The lowest BCUT2D eigenvalue weighted by atomic mass is 9.85. The molecule has 9 atom stereocenters. The van der Waals surface area contributed by atoms with Crippen molar-refractivity contribution in [3.63, 3.8) is 0 Å². The highest BCUT2D eigenvalue weighted by Crippen LogP contribution is 2.32. The highest BCUT2D eigenvalue weighted by atomic mass is 32.2. The molecule has 0 radical (unpaired) electrons. The Balaban J connectivity index is 1.56. The van der Waals surface area contributed by atoms with E-state index in [-0.39, 0.29) is 53.1 Å². The van der Waals surface area contributed by atoms with Crippen molar-refractivity contribution >= 4 is 91.3 Å². The molecule has 2 aromatic rings. The molecule has 77 heavy (non-hydrogen) atoms. The van der Waals surface area contributed by atoms with Crippen LogP contribution in [0.5, 0.6) is 0 Å². The predicted molar refractivity (Wildman–Crippen MR) is 270 cm³/mol. The average molecular weight is 1100 g/mol. The number of aliphatic hydroxyl groups is 3. The fourth-order valence-electron chi connectivity index (χ4n) is 9.47. The fraction of sp³-hybridized carbons (Fsp3) is 0.560. The van der Waals surface area contributed by atoms with Crippen molar-refractivity contribution in [1.82, 2.24) is 41.4 Å². The number of ketones is 3. The predicted octanol–water partition coefficient (Wildman–Crippen LogP) is -3.71. The van der Waals surface area contributed by atoms with E-state index >= 15 is 0 Å². The highest BCUT2D eigenvalue weighted by Gasteiger charge is 2.44. The summed E-state index contributed by atoms with van der Waals surface area (Å²) < 4.78 is 26.9. The number of hydrogen-bond donors (Lipinski definition) is 10. The summed E-state index contributed by atoms with van der Waals surface area (Å²) >= 11 is 0. The first-order valence-corrected chi connectivity index (χ1v) is 27.0. The number of aromatic amines is 1. The van der Waals surface area contributed by atoms with Gasteiger partial charge < -0.3 is 57.5 Å². The number of rotatable bonds is 16. The van der Waals surface area contributed by atoms with Crippen LogP contribution in [0.3, 0.4) is 0 Å². The van der Waals surface area contributed by atoms with Crippen LogP contribution in [0.1, 0.15) is 76.8 Å². The van der Waals surface area contributed by atoms with Crippen LogP contribution in [0.4, 0.5) is 0 Å². The van der Waals surface area contributed by atoms with Gasteiger partial charge in [-0.3, -0.25) is 62.4 Å². The Labute approximate surface area is 442 Å². The standard InChI is InChI=1S/C50H67N9O17S/c1-5-25(2)44-48(73)54-21-40(67)52-20-31(62)15-29(18-39(51)66)50(74)59-23-32(63)19-36(59)47(72)57-45(26(3)38(65)24-60)37(64)17-28(46(71)53-22-41(68)56-44)16-34-33-14-27(8-9-35(33)55-49(34)77(4,75)76)13-30(61)7-6-12-58-42(69)10-11-43(58)70/h8-11,14,25-26,28-29,32,36,38,44-45,55,60,63,65H,5-7,12-13,15-24H2,1-4H3,(H2,51,66)(H,52,67)(H,53,71)(H,54,73)(H,56,68)(H,57,72)/t25-,26?,28-,29-,32+,36-,38?,44-,45-/m0/s1. The molecule has 2 fully saturated rings. The van der Waals surface area contributed by atoms with Gasteiger partial charge in [-0.25, -0.2) is 8.42 Å². The second kappa shape index (κ2) is 26.7. The van der Waals surface area contributed by atoms with Gasteiger partial charge in [0, 0.05) is 92.8 Å². The lowest BCUT2D eigenvalue weighted by Gasteiger charge is -2.32. The number of carbonyl (C=O) groups is 12. The smallest absolute Gasteiger partial charge is 0.253 e. The number of nitrogens with zero attached hydrogens (tertiary/aromatic N) is 2. The largest absolute Gasteiger partial charge is 0.394 e. The molecule has 420 valence electrons. The number of fused-ring (bicyclic) bond motifs is 2. The number of benzene rings is 1. The van der Waals surface area contributed by atoms with Gasteiger partial charge in [-0.1, -0.05) is 33.3 Å². The molecule has 0 bridgehead atoms. The molecule has 3 aliphatic rings. The van der Waals surface area contributed by atoms with Crippen molar-refractivity contribution in [3.05, 3.63) is 41.5 Å². The number of nitrogens with two attached hydrogens (primary N) is 1. The normalized spacial score (nSPS) is 24.4. The maximum atomic E-state index is 14.8. The molecule has 0 spiro atoms. The van der Waals surface area contributed by atoms with Crippen LogP contribution < -0.4 is 32.3 Å². The molecule has 5 rings (SSSR count). The van der Waals surface area contributed by atoms with E-state index in [1.807, 2.05) is 0 Å². The zero-order valence-electron chi connectivity index (χ0n) is 43.1. The van der Waals surface area contributed by atoms with Crippen molar-refractivity contribution in [3.8, 4) is 0 Å². The monoisotopic (exact) mass is 1100 g/mol. The molecular formula is C50H67N9O17S. The molecule has 0 aliphatic carbocycles. The molecular weight excluding hydrogens is 1030 g/mol. The van der Waals surface area contributed by atoms with Gasteiger partial charge in [0.1, 0.15) is 22.9 Å². The molecule has 1 aromatic heterocycles. The van der Waals surface area contributed by atoms with Crippen LogP contribution in [0.15, 0.2) is 35.4 Å². The maximum Gasteiger partial charge on any atom is 0.253 e. The van der Waals surface area contributed by atoms with Gasteiger partial charge in [0.25, 0.3) is 11.8 Å². The van der Waals surface area contributed by atoms with Crippen molar-refractivity contribution in [2.75, 3.05) is 45.6 Å². The summed E-state index contributed by atoms with van der Waals surface area (Å²) in [4.78, 5) is 165. The Morgan fingerprint density at radius 1 is 0.844 bits per heavy atom. The molecule has 9 amide bonds. The Kier molecular flexibility index (Phi) is 21.0. The summed E-state index contributed by atoms with van der Waals surface area (Å²) in [5, 5.41) is 43.7. The molecule has 4 heterocycles. The molecule has 26 nitrogen and oxygen atoms in total. The van der Waals surface area contributed by atoms with Crippen LogP contribution in [-0.2, 0) is 80.2 Å². The van der Waals surface area contributed by atoms with Crippen molar-refractivity contribution in [2.24, 2.45) is 29.4 Å². The second-order valence-corrected chi connectivity index (χ2v) is 21.8. The van der Waals surface area contributed by atoms with E-state index in [1.165, 1.54) is 19.1 Å². The topological polar surface area (TPSA) is 408 Å². The first kappa shape index (κ1) is 60.6. The highest BCUT2D eigenvalue weighted by molar-refractivity contribution is 7.90. The van der Waals surface area contributed by atoms with E-state index in [9.17, 15) is 81.3 Å². The van der Waals surface area contributed by atoms with Gasteiger partial charge >= 0.3 is 0 Å². The molecule has 11 N–H and O–H groups in total. The third kappa shape index (κ3) is 16.2. The number of carbonyl (C=O) groups excluding carboxylic acids is 12. The molecule has 3 aliphatic heterocycles. The lowest BCUT2D eigenvalue weighted by Crippen LogP contribution is -2.56. The molecule has 1 aromatic carbocycles. The summed E-state index contributed by atoms with van der Waals surface area (Å²) in [5.74, 6) is -14.7. The number of nitrogens with one attached hydrogen (secondary N) is 6.